The molecule has 2 rings (SSSR count). The van der Waals surface area contributed by atoms with Gasteiger partial charge in [-0.1, -0.05) is 32.4 Å². The van der Waals surface area contributed by atoms with E-state index in [2.05, 4.69) is 6.92 Å². The molecule has 1 aromatic carbocycles. The minimum atomic E-state index is -3.43. The van der Waals surface area contributed by atoms with Gasteiger partial charge in [-0.2, -0.15) is 15.6 Å². The number of rotatable bonds is 8. The van der Waals surface area contributed by atoms with E-state index in [9.17, 15) is 8.42 Å². The average molecular weight is 338 g/mol. The van der Waals surface area contributed by atoms with Gasteiger partial charge >= 0.3 is 0 Å². The number of benzene rings is 1. The van der Waals surface area contributed by atoms with Crippen molar-refractivity contribution >= 4 is 21.4 Å². The molecule has 0 atom stereocenters. The molecule has 22 heavy (non-hydrogen) atoms. The SMILES string of the molecule is CCCc1ccc(S(=O)(=O)N(CCC)Cc2ccsc2)cc1. The van der Waals surface area contributed by atoms with E-state index in [1.165, 1.54) is 5.56 Å². The Bertz CT molecular complexity index is 661. The van der Waals surface area contributed by atoms with Crippen LogP contribution in [0.4, 0.5) is 0 Å². The first-order valence-electron chi connectivity index (χ1n) is 7.68. The van der Waals surface area contributed by atoms with E-state index in [-0.39, 0.29) is 0 Å². The maximum absolute atomic E-state index is 12.8. The van der Waals surface area contributed by atoms with E-state index in [1.54, 1.807) is 27.8 Å². The van der Waals surface area contributed by atoms with Gasteiger partial charge in [0.25, 0.3) is 0 Å². The summed E-state index contributed by atoms with van der Waals surface area (Å²) in [5, 5.41) is 3.98. The zero-order valence-electron chi connectivity index (χ0n) is 13.2. The number of sulfonamides is 1. The summed E-state index contributed by atoms with van der Waals surface area (Å²) in [5.41, 5.74) is 2.23. The van der Waals surface area contributed by atoms with Gasteiger partial charge in [0.1, 0.15) is 0 Å². The predicted octanol–water partition coefficient (Wildman–Crippen LogP) is 4.30. The van der Waals surface area contributed by atoms with Gasteiger partial charge in [0.2, 0.25) is 10.0 Å². The fraction of sp³-hybridized carbons (Fsp3) is 0.412. The molecule has 0 saturated heterocycles. The van der Waals surface area contributed by atoms with Gasteiger partial charge in [-0.15, -0.1) is 0 Å². The van der Waals surface area contributed by atoms with Crippen LogP contribution in [0.2, 0.25) is 0 Å². The van der Waals surface area contributed by atoms with Crippen LogP contribution in [0.25, 0.3) is 0 Å². The zero-order valence-corrected chi connectivity index (χ0v) is 14.8. The summed E-state index contributed by atoms with van der Waals surface area (Å²) in [6.07, 6.45) is 2.84. The van der Waals surface area contributed by atoms with Gasteiger partial charge in [-0.05, 0) is 52.9 Å². The lowest BCUT2D eigenvalue weighted by atomic mass is 10.1. The quantitative estimate of drug-likeness (QED) is 0.720. The smallest absolute Gasteiger partial charge is 0.207 e. The van der Waals surface area contributed by atoms with Gasteiger partial charge in [-0.3, -0.25) is 0 Å². The molecule has 3 nitrogen and oxygen atoms in total. The van der Waals surface area contributed by atoms with Gasteiger partial charge in [0, 0.05) is 13.1 Å². The lowest BCUT2D eigenvalue weighted by molar-refractivity contribution is 0.406. The van der Waals surface area contributed by atoms with E-state index in [4.69, 9.17) is 0 Å². The summed E-state index contributed by atoms with van der Waals surface area (Å²) >= 11 is 1.59. The lowest BCUT2D eigenvalue weighted by Gasteiger charge is -2.21. The third kappa shape index (κ3) is 4.18. The van der Waals surface area contributed by atoms with Crippen LogP contribution in [0, 0.1) is 0 Å². The highest BCUT2D eigenvalue weighted by Crippen LogP contribution is 2.20. The molecule has 120 valence electrons. The number of hydrogen-bond acceptors (Lipinski definition) is 3. The van der Waals surface area contributed by atoms with Crippen molar-refractivity contribution in [1.82, 2.24) is 4.31 Å². The molecule has 2 aromatic rings. The van der Waals surface area contributed by atoms with Crippen LogP contribution in [-0.2, 0) is 23.0 Å². The summed E-state index contributed by atoms with van der Waals surface area (Å²) in [7, 11) is -3.43. The molecule has 0 N–H and O–H groups in total. The average Bonchev–Trinajstić information content (AvgIpc) is 3.01. The van der Waals surface area contributed by atoms with Crippen molar-refractivity contribution in [2.45, 2.75) is 44.6 Å². The minimum absolute atomic E-state index is 0.385. The van der Waals surface area contributed by atoms with Crippen molar-refractivity contribution in [2.24, 2.45) is 0 Å². The fourth-order valence-corrected chi connectivity index (χ4v) is 4.57. The molecule has 0 unspecified atom stereocenters. The summed E-state index contributed by atoms with van der Waals surface area (Å²) in [4.78, 5) is 0.385. The van der Waals surface area contributed by atoms with Gasteiger partial charge in [0.15, 0.2) is 0 Å². The largest absolute Gasteiger partial charge is 0.243 e. The Balaban J connectivity index is 2.24. The van der Waals surface area contributed by atoms with E-state index >= 15 is 0 Å². The van der Waals surface area contributed by atoms with Crippen LogP contribution in [0.1, 0.15) is 37.8 Å². The number of nitrogens with zero attached hydrogens (tertiary/aromatic N) is 1. The van der Waals surface area contributed by atoms with Crippen molar-refractivity contribution in [3.63, 3.8) is 0 Å². The van der Waals surface area contributed by atoms with Crippen molar-refractivity contribution in [2.75, 3.05) is 6.54 Å². The molecule has 0 bridgehead atoms. The molecule has 5 heteroatoms. The van der Waals surface area contributed by atoms with Crippen molar-refractivity contribution in [3.8, 4) is 0 Å². The van der Waals surface area contributed by atoms with Crippen LogP contribution >= 0.6 is 11.3 Å². The Morgan fingerprint density at radius 3 is 2.27 bits per heavy atom. The Hall–Kier alpha value is -1.17. The molecule has 0 amide bonds. The van der Waals surface area contributed by atoms with Gasteiger partial charge < -0.3 is 0 Å². The maximum Gasteiger partial charge on any atom is 0.243 e. The number of hydrogen-bond donors (Lipinski definition) is 0. The van der Waals surface area contributed by atoms with E-state index < -0.39 is 10.0 Å². The summed E-state index contributed by atoms with van der Waals surface area (Å²) in [6.45, 7) is 5.10. The highest BCUT2D eigenvalue weighted by atomic mass is 32.2. The predicted molar refractivity (Wildman–Crippen MR) is 92.6 cm³/mol. The Morgan fingerprint density at radius 2 is 1.73 bits per heavy atom. The van der Waals surface area contributed by atoms with Gasteiger partial charge in [-0.25, -0.2) is 8.42 Å². The fourth-order valence-electron chi connectivity index (χ4n) is 2.39. The standard InChI is InChI=1S/C17H23NO2S2/c1-3-5-15-6-8-17(9-7-15)22(19,20)18(11-4-2)13-16-10-12-21-14-16/h6-10,12,14H,3-5,11,13H2,1-2H3. The summed E-state index contributed by atoms with van der Waals surface area (Å²) in [5.74, 6) is 0. The first-order chi connectivity index (χ1) is 10.6. The third-order valence-electron chi connectivity index (χ3n) is 3.51. The number of aryl methyl sites for hydroxylation is 1. The molecule has 0 aliphatic heterocycles. The molecule has 0 spiro atoms. The Labute approximate surface area is 137 Å². The summed E-state index contributed by atoms with van der Waals surface area (Å²) < 4.78 is 27.3. The second kappa shape index (κ2) is 7.90. The van der Waals surface area contributed by atoms with Crippen LogP contribution in [0.5, 0.6) is 0 Å². The first kappa shape index (κ1) is 17.2. The van der Waals surface area contributed by atoms with E-state index in [0.29, 0.717) is 18.0 Å². The molecule has 0 saturated carbocycles. The minimum Gasteiger partial charge on any atom is -0.207 e. The van der Waals surface area contributed by atoms with Crippen LogP contribution in [0.15, 0.2) is 46.0 Å². The molecule has 1 heterocycles. The van der Waals surface area contributed by atoms with Crippen LogP contribution in [-0.4, -0.2) is 19.3 Å². The Kier molecular flexibility index (Phi) is 6.17. The maximum atomic E-state index is 12.8. The second-order valence-electron chi connectivity index (χ2n) is 5.36. The van der Waals surface area contributed by atoms with Crippen LogP contribution in [0.3, 0.4) is 0 Å². The first-order valence-corrected chi connectivity index (χ1v) is 10.1. The molecule has 1 aromatic heterocycles. The van der Waals surface area contributed by atoms with Crippen molar-refractivity contribution < 1.29 is 8.42 Å². The molecular weight excluding hydrogens is 314 g/mol. The third-order valence-corrected chi connectivity index (χ3v) is 6.10. The topological polar surface area (TPSA) is 37.4 Å². The normalized spacial score (nSPS) is 12.0. The summed E-state index contributed by atoms with van der Waals surface area (Å²) in [6, 6.07) is 9.29. The lowest BCUT2D eigenvalue weighted by Crippen LogP contribution is -2.31. The van der Waals surface area contributed by atoms with E-state index in [0.717, 1.165) is 24.8 Å². The van der Waals surface area contributed by atoms with E-state index in [1.807, 2.05) is 35.9 Å². The monoisotopic (exact) mass is 337 g/mol. The van der Waals surface area contributed by atoms with Crippen LogP contribution < -0.4 is 0 Å². The highest BCUT2D eigenvalue weighted by Gasteiger charge is 2.23. The van der Waals surface area contributed by atoms with Crippen molar-refractivity contribution in [3.05, 3.63) is 52.2 Å². The number of thiophene rings is 1. The zero-order chi connectivity index (χ0) is 16.0. The molecule has 0 aliphatic rings. The highest BCUT2D eigenvalue weighted by molar-refractivity contribution is 7.89. The molecule has 0 fully saturated rings. The Morgan fingerprint density at radius 1 is 1.00 bits per heavy atom. The second-order valence-corrected chi connectivity index (χ2v) is 8.08. The molecule has 0 radical (unpaired) electrons. The molecule has 0 aliphatic carbocycles. The van der Waals surface area contributed by atoms with Crippen molar-refractivity contribution in [1.29, 1.82) is 0 Å². The van der Waals surface area contributed by atoms with Gasteiger partial charge in [0.05, 0.1) is 4.90 Å². The molecular formula is C17H23NO2S2.